The van der Waals surface area contributed by atoms with Crippen LogP contribution in [0, 0.1) is 0 Å². The van der Waals surface area contributed by atoms with E-state index in [1.54, 1.807) is 0 Å². The molecule has 176 valence electrons. The van der Waals surface area contributed by atoms with Gasteiger partial charge in [0.25, 0.3) is 30.4 Å². The third-order valence-electron chi connectivity index (χ3n) is 4.45. The number of hydrogen-bond donors (Lipinski definition) is 3. The molecule has 14 heteroatoms. The lowest BCUT2D eigenvalue weighted by Gasteiger charge is -2.24. The van der Waals surface area contributed by atoms with Crippen molar-refractivity contribution in [2.45, 2.75) is 14.7 Å². The van der Waals surface area contributed by atoms with Crippen molar-refractivity contribution in [2.24, 2.45) is 0 Å². The van der Waals surface area contributed by atoms with Crippen molar-refractivity contribution in [3.8, 4) is 5.75 Å². The molecule has 0 spiro atoms. The minimum atomic E-state index is -4.88. The summed E-state index contributed by atoms with van der Waals surface area (Å²) in [6.45, 7) is 0. The van der Waals surface area contributed by atoms with Crippen LogP contribution in [0.4, 0.5) is 0 Å². The topological polar surface area (TPSA) is 172 Å². The first-order chi connectivity index (χ1) is 15.2. The monoisotopic (exact) mass is 532 g/mol. The Kier molecular flexibility index (Phi) is 6.97. The van der Waals surface area contributed by atoms with E-state index in [2.05, 4.69) is 0 Å². The zero-order chi connectivity index (χ0) is 24.6. The van der Waals surface area contributed by atoms with Gasteiger partial charge in [0.15, 0.2) is 0 Å². The van der Waals surface area contributed by atoms with Gasteiger partial charge in [0, 0.05) is 15.9 Å². The van der Waals surface area contributed by atoms with E-state index in [1.807, 2.05) is 0 Å². The number of benzene rings is 3. The molecule has 3 N–H and O–H groups in total. The first kappa shape index (κ1) is 25.2. The fraction of sp³-hybridized carbons (Fsp3) is 0.0526. The highest BCUT2D eigenvalue weighted by atomic mass is 32.2. The summed E-state index contributed by atoms with van der Waals surface area (Å²) < 4.78 is 107. The molecule has 0 amide bonds. The number of methoxy groups -OCH3 is 1. The van der Waals surface area contributed by atoms with Gasteiger partial charge in [-0.2, -0.15) is 25.3 Å². The van der Waals surface area contributed by atoms with E-state index in [1.165, 1.54) is 55.6 Å². The Balaban J connectivity index is 2.57. The van der Waals surface area contributed by atoms with Gasteiger partial charge in [-0.15, -0.1) is 0 Å². The molecule has 3 rings (SSSR count). The average molecular weight is 533 g/mol. The molecule has 0 atom stereocenters. The molecule has 0 saturated carbocycles. The molecule has 0 bridgehead atoms. The van der Waals surface area contributed by atoms with Gasteiger partial charge >= 0.3 is 0 Å². The van der Waals surface area contributed by atoms with Crippen molar-refractivity contribution >= 4 is 54.2 Å². The zero-order valence-corrected chi connectivity index (χ0v) is 20.1. The Bertz CT molecular complexity index is 1460. The number of ether oxygens (including phenoxy) is 1. The molecule has 10 nitrogen and oxygen atoms in total. The van der Waals surface area contributed by atoms with Gasteiger partial charge in [-0.25, -0.2) is 0 Å². The first-order valence-electron chi connectivity index (χ1n) is 8.84. The fourth-order valence-corrected chi connectivity index (χ4v) is 9.11. The molecular weight excluding hydrogens is 515 g/mol. The van der Waals surface area contributed by atoms with Crippen LogP contribution in [0.2, 0.25) is 0 Å². The van der Waals surface area contributed by atoms with E-state index in [-0.39, 0.29) is 21.7 Å². The molecule has 3 aromatic rings. The third kappa shape index (κ3) is 5.41. The molecule has 0 aliphatic rings. The van der Waals surface area contributed by atoms with Crippen LogP contribution in [0.1, 0.15) is 0 Å². The highest BCUT2D eigenvalue weighted by molar-refractivity contribution is 7.90. The lowest BCUT2D eigenvalue weighted by atomic mass is 10.3. The Morgan fingerprint density at radius 3 is 1.39 bits per heavy atom. The van der Waals surface area contributed by atoms with Crippen molar-refractivity contribution in [3.05, 3.63) is 66.7 Å². The zero-order valence-electron chi connectivity index (χ0n) is 16.7. The summed E-state index contributed by atoms with van der Waals surface area (Å²) in [5.74, 6) is 0.124. The second kappa shape index (κ2) is 9.11. The van der Waals surface area contributed by atoms with Gasteiger partial charge in [-0.05, 0) is 38.3 Å². The van der Waals surface area contributed by atoms with Gasteiger partial charge < -0.3 is 4.74 Å². The summed E-state index contributed by atoms with van der Waals surface area (Å²) >= 11 is 0. The summed E-state index contributed by atoms with van der Waals surface area (Å²) in [5.41, 5.74) is 0. The number of hydrogen-bond acceptors (Lipinski definition) is 7. The number of rotatable bonds is 7. The summed E-state index contributed by atoms with van der Waals surface area (Å²) in [7, 11) is -15.7. The van der Waals surface area contributed by atoms with Gasteiger partial charge in [0.2, 0.25) is 0 Å². The van der Waals surface area contributed by atoms with E-state index in [9.17, 15) is 38.9 Å². The van der Waals surface area contributed by atoms with Crippen LogP contribution < -0.4 is 20.7 Å². The van der Waals surface area contributed by atoms with Crippen molar-refractivity contribution in [1.29, 1.82) is 0 Å². The maximum absolute atomic E-state index is 12.2. The molecule has 0 aliphatic heterocycles. The summed E-state index contributed by atoms with van der Waals surface area (Å²) in [6, 6.07) is 13.5. The first-order valence-corrected chi connectivity index (χ1v) is 14.5. The van der Waals surface area contributed by atoms with Crippen LogP contribution in [-0.4, -0.2) is 46.0 Å². The van der Waals surface area contributed by atoms with Crippen LogP contribution in [0.3, 0.4) is 0 Å². The van der Waals surface area contributed by atoms with Crippen LogP contribution in [-0.2, 0) is 30.4 Å². The van der Waals surface area contributed by atoms with Gasteiger partial charge in [0.05, 0.1) is 7.11 Å². The molecular formula is C19H17O10PS3. The fourth-order valence-electron chi connectivity index (χ4n) is 3.13. The molecule has 0 unspecified atom stereocenters. The predicted octanol–water partition coefficient (Wildman–Crippen LogP) is 1.19. The molecule has 0 aliphatic carbocycles. The van der Waals surface area contributed by atoms with Crippen molar-refractivity contribution in [3.63, 3.8) is 0 Å². The van der Waals surface area contributed by atoms with Crippen molar-refractivity contribution in [2.75, 3.05) is 7.11 Å². The van der Waals surface area contributed by atoms with Crippen LogP contribution >= 0.6 is 7.92 Å². The van der Waals surface area contributed by atoms with Crippen LogP contribution in [0.15, 0.2) is 81.4 Å². The van der Waals surface area contributed by atoms with E-state index in [4.69, 9.17) is 4.74 Å². The third-order valence-corrected chi connectivity index (χ3v) is 10.2. The smallest absolute Gasteiger partial charge is 0.295 e. The van der Waals surface area contributed by atoms with E-state index in [0.717, 1.165) is 18.2 Å². The highest BCUT2D eigenvalue weighted by Crippen LogP contribution is 2.40. The van der Waals surface area contributed by atoms with Crippen LogP contribution in [0.25, 0.3) is 0 Å². The second-order valence-corrected chi connectivity index (χ2v) is 12.8. The molecule has 0 fully saturated rings. The molecule has 0 heterocycles. The Morgan fingerprint density at radius 2 is 1.00 bits per heavy atom. The van der Waals surface area contributed by atoms with E-state index < -0.39 is 53.0 Å². The average Bonchev–Trinajstić information content (AvgIpc) is 2.72. The van der Waals surface area contributed by atoms with E-state index >= 15 is 0 Å². The van der Waals surface area contributed by atoms with Gasteiger partial charge in [0.1, 0.15) is 20.4 Å². The highest BCUT2D eigenvalue weighted by Gasteiger charge is 2.33. The second-order valence-electron chi connectivity index (χ2n) is 6.53. The normalized spacial score (nSPS) is 12.6. The quantitative estimate of drug-likeness (QED) is 0.296. The molecule has 0 saturated heterocycles. The Hall–Kier alpha value is -2.38. The van der Waals surface area contributed by atoms with Crippen molar-refractivity contribution < 1.29 is 43.6 Å². The molecule has 3 aromatic carbocycles. The largest absolute Gasteiger partial charge is 0.497 e. The van der Waals surface area contributed by atoms with Gasteiger partial charge in [-0.3, -0.25) is 13.7 Å². The molecule has 0 radical (unpaired) electrons. The summed E-state index contributed by atoms with van der Waals surface area (Å²) in [6.07, 6.45) is 0. The maximum Gasteiger partial charge on any atom is 0.295 e. The molecule has 33 heavy (non-hydrogen) atoms. The standard InChI is InChI=1S/C19H17O10PS3/c1-29-13-10-11-19(33(26,27)28)16(12-13)30(14-6-2-4-8-17(14)31(20,21)22)15-7-3-5-9-18(15)32(23,24)25/h2-12H,1H3,(H,20,21,22)(H,23,24,25)(H,26,27,28). The lowest BCUT2D eigenvalue weighted by molar-refractivity contribution is 0.414. The van der Waals surface area contributed by atoms with Gasteiger partial charge in [-0.1, -0.05) is 36.4 Å². The Morgan fingerprint density at radius 1 is 0.606 bits per heavy atom. The van der Waals surface area contributed by atoms with Crippen molar-refractivity contribution in [1.82, 2.24) is 0 Å². The lowest BCUT2D eigenvalue weighted by Crippen LogP contribution is -2.30. The summed E-state index contributed by atoms with van der Waals surface area (Å²) in [5, 5.41) is -0.493. The summed E-state index contributed by atoms with van der Waals surface area (Å²) in [4.78, 5) is -1.85. The van der Waals surface area contributed by atoms with E-state index in [0.29, 0.717) is 0 Å². The Labute approximate surface area is 191 Å². The molecule has 0 aromatic heterocycles. The minimum Gasteiger partial charge on any atom is -0.497 e. The maximum atomic E-state index is 12.2. The van der Waals surface area contributed by atoms with Crippen LogP contribution in [0.5, 0.6) is 5.75 Å². The predicted molar refractivity (Wildman–Crippen MR) is 121 cm³/mol. The minimum absolute atomic E-state index is 0.124. The SMILES string of the molecule is COc1ccc(S(=O)(=O)O)c(P(c2ccccc2S(=O)(=O)O)c2ccccc2S(=O)(=O)O)c1.